The molecule has 2 heterocycles. The maximum absolute atomic E-state index is 11.5. The van der Waals surface area contributed by atoms with Crippen LogP contribution in [0.3, 0.4) is 0 Å². The topological polar surface area (TPSA) is 98.6 Å². The summed E-state index contributed by atoms with van der Waals surface area (Å²) >= 11 is 2.15. The number of hydrogen-bond donors (Lipinski definition) is 1. The first-order chi connectivity index (χ1) is 15.2. The normalized spacial score (nSPS) is 12.8. The lowest BCUT2D eigenvalue weighted by Gasteiger charge is -2.14. The van der Waals surface area contributed by atoms with Gasteiger partial charge in [-0.15, -0.1) is 0 Å². The molecule has 2 aromatic heterocycles. The largest absolute Gasteiger partial charge is 0.481 e. The van der Waals surface area contributed by atoms with E-state index in [2.05, 4.69) is 53.7 Å². The molecule has 0 aliphatic carbocycles. The van der Waals surface area contributed by atoms with E-state index in [0.717, 1.165) is 27.7 Å². The number of carbonyl (C=O) groups is 1. The van der Waals surface area contributed by atoms with Crippen molar-refractivity contribution in [2.45, 2.75) is 59.0 Å². The first-order valence-electron chi connectivity index (χ1n) is 10.7. The molecule has 172 valence electrons. The van der Waals surface area contributed by atoms with Crippen molar-refractivity contribution >= 4 is 28.6 Å². The van der Waals surface area contributed by atoms with Crippen molar-refractivity contribution < 1.29 is 23.7 Å². The molecule has 0 saturated heterocycles. The third-order valence-electron chi connectivity index (χ3n) is 4.92. The number of rotatable bonds is 11. The van der Waals surface area contributed by atoms with Gasteiger partial charge in [-0.25, -0.2) is 0 Å². The van der Waals surface area contributed by atoms with Crippen LogP contribution in [-0.2, 0) is 22.6 Å². The Kier molecular flexibility index (Phi) is 8.47. The molecule has 0 saturated carbocycles. The highest BCUT2D eigenvalue weighted by molar-refractivity contribution is 14.1. The predicted octanol–water partition coefficient (Wildman–Crippen LogP) is 6.08. The lowest BCUT2D eigenvalue weighted by molar-refractivity contribution is -0.137. The third-order valence-corrected chi connectivity index (χ3v) is 5.96. The van der Waals surface area contributed by atoms with E-state index >= 15 is 0 Å². The number of benzene rings is 1. The molecular weight excluding hydrogens is 523 g/mol. The van der Waals surface area contributed by atoms with Crippen LogP contribution in [0.5, 0.6) is 0 Å². The zero-order valence-electron chi connectivity index (χ0n) is 18.6. The highest BCUT2D eigenvalue weighted by Crippen LogP contribution is 2.35. The summed E-state index contributed by atoms with van der Waals surface area (Å²) in [5.74, 6) is 0.159. The van der Waals surface area contributed by atoms with Gasteiger partial charge in [-0.1, -0.05) is 61.4 Å². The van der Waals surface area contributed by atoms with Gasteiger partial charge in [0.25, 0.3) is 0 Å². The van der Waals surface area contributed by atoms with Crippen LogP contribution in [0.1, 0.15) is 63.0 Å². The number of carboxylic acids is 1. The van der Waals surface area contributed by atoms with Crippen molar-refractivity contribution in [2.24, 2.45) is 5.41 Å². The summed E-state index contributed by atoms with van der Waals surface area (Å²) in [5.41, 5.74) is 2.41. The van der Waals surface area contributed by atoms with Crippen molar-refractivity contribution in [3.63, 3.8) is 0 Å². The molecule has 1 atom stereocenters. The van der Waals surface area contributed by atoms with Crippen molar-refractivity contribution in [3.8, 4) is 11.5 Å². The lowest BCUT2D eigenvalue weighted by atomic mass is 9.91. The van der Waals surface area contributed by atoms with E-state index in [1.165, 1.54) is 0 Å². The van der Waals surface area contributed by atoms with Gasteiger partial charge in [-0.05, 0) is 46.4 Å². The molecule has 0 aliphatic heterocycles. The Balaban J connectivity index is 1.63. The fourth-order valence-corrected chi connectivity index (χ4v) is 4.39. The number of aromatic nitrogens is 2. The van der Waals surface area contributed by atoms with E-state index in [-0.39, 0.29) is 17.8 Å². The van der Waals surface area contributed by atoms with Gasteiger partial charge >= 0.3 is 5.97 Å². The zero-order valence-corrected chi connectivity index (χ0v) is 20.8. The summed E-state index contributed by atoms with van der Waals surface area (Å²) in [6.07, 6.45) is 2.09. The maximum Gasteiger partial charge on any atom is 0.304 e. The Morgan fingerprint density at radius 1 is 1.19 bits per heavy atom. The molecule has 1 N–H and O–H groups in total. The Labute approximate surface area is 201 Å². The molecule has 1 aromatic carbocycles. The standard InChI is InChI=1S/C24H29IN2O5/c1-24(2,3)14-18-13-19(26-31-18)23-21(25)22(27-32-23)17(12-20(28)29)10-7-11-30-15-16-8-5-4-6-9-16/h4-6,8-9,13,17H,7,10-12,14-15H2,1-3H3,(H,28,29)/t17-/m0/s1. The molecule has 7 nitrogen and oxygen atoms in total. The third kappa shape index (κ3) is 7.16. The average molecular weight is 552 g/mol. The van der Waals surface area contributed by atoms with Crippen molar-refractivity contribution in [3.05, 3.63) is 57.0 Å². The van der Waals surface area contributed by atoms with Crippen molar-refractivity contribution in [1.82, 2.24) is 10.3 Å². The van der Waals surface area contributed by atoms with Gasteiger partial charge in [0.2, 0.25) is 5.76 Å². The van der Waals surface area contributed by atoms with E-state index in [4.69, 9.17) is 13.8 Å². The summed E-state index contributed by atoms with van der Waals surface area (Å²) in [4.78, 5) is 11.5. The molecule has 8 heteroatoms. The van der Waals surface area contributed by atoms with E-state index in [9.17, 15) is 9.90 Å². The second-order valence-corrected chi connectivity index (χ2v) is 10.2. The molecule has 3 aromatic rings. The molecule has 32 heavy (non-hydrogen) atoms. The van der Waals surface area contributed by atoms with Gasteiger partial charge in [-0.3, -0.25) is 4.79 Å². The smallest absolute Gasteiger partial charge is 0.304 e. The van der Waals surface area contributed by atoms with Crippen LogP contribution in [0, 0.1) is 8.99 Å². The molecule has 0 radical (unpaired) electrons. The van der Waals surface area contributed by atoms with Crippen molar-refractivity contribution in [2.75, 3.05) is 6.61 Å². The minimum absolute atomic E-state index is 0.0191. The molecule has 0 spiro atoms. The SMILES string of the molecule is CC(C)(C)Cc1cc(-c2onc([C@@H](CCCOCc3ccccc3)CC(=O)O)c2I)no1. The monoisotopic (exact) mass is 552 g/mol. The Morgan fingerprint density at radius 3 is 2.62 bits per heavy atom. The number of hydrogen-bond acceptors (Lipinski definition) is 6. The first kappa shape index (κ1) is 24.4. The van der Waals surface area contributed by atoms with Gasteiger partial charge < -0.3 is 18.9 Å². The molecule has 0 aliphatic rings. The lowest BCUT2D eigenvalue weighted by Crippen LogP contribution is -2.09. The summed E-state index contributed by atoms with van der Waals surface area (Å²) in [5, 5.41) is 17.7. The van der Waals surface area contributed by atoms with Crippen LogP contribution < -0.4 is 0 Å². The van der Waals surface area contributed by atoms with Gasteiger partial charge in [0.05, 0.1) is 16.6 Å². The van der Waals surface area contributed by atoms with E-state index in [0.29, 0.717) is 36.8 Å². The summed E-state index contributed by atoms with van der Waals surface area (Å²) < 4.78 is 17.5. The number of carboxylic acid groups (broad SMARTS) is 1. The van der Waals surface area contributed by atoms with Gasteiger partial charge in [-0.2, -0.15) is 0 Å². The first-order valence-corrected chi connectivity index (χ1v) is 11.8. The second kappa shape index (κ2) is 11.1. The Hall–Kier alpha value is -2.20. The summed E-state index contributed by atoms with van der Waals surface area (Å²) in [7, 11) is 0. The van der Waals surface area contributed by atoms with Gasteiger partial charge in [0.15, 0.2) is 5.69 Å². The minimum atomic E-state index is -0.866. The number of aliphatic carboxylic acids is 1. The predicted molar refractivity (Wildman–Crippen MR) is 128 cm³/mol. The average Bonchev–Trinajstić information content (AvgIpc) is 3.32. The molecule has 0 unspecified atom stereocenters. The highest BCUT2D eigenvalue weighted by Gasteiger charge is 2.27. The van der Waals surface area contributed by atoms with Crippen LogP contribution >= 0.6 is 22.6 Å². The Bertz CT molecular complexity index is 1010. The second-order valence-electron chi connectivity index (χ2n) is 9.10. The maximum atomic E-state index is 11.5. The van der Waals surface area contributed by atoms with E-state index in [1.807, 2.05) is 36.4 Å². The number of ether oxygens (including phenoxy) is 1. The van der Waals surface area contributed by atoms with Crippen LogP contribution in [0.2, 0.25) is 0 Å². The van der Waals surface area contributed by atoms with Crippen LogP contribution in [0.4, 0.5) is 0 Å². The quantitative estimate of drug-likeness (QED) is 0.228. The molecule has 0 amide bonds. The van der Waals surface area contributed by atoms with Crippen molar-refractivity contribution in [1.29, 1.82) is 0 Å². The van der Waals surface area contributed by atoms with Crippen LogP contribution in [0.25, 0.3) is 11.5 Å². The molecular formula is C24H29IN2O5. The highest BCUT2D eigenvalue weighted by atomic mass is 127. The summed E-state index contributed by atoms with van der Waals surface area (Å²) in [6.45, 7) is 7.48. The fourth-order valence-electron chi connectivity index (χ4n) is 3.47. The Morgan fingerprint density at radius 2 is 1.94 bits per heavy atom. The van der Waals surface area contributed by atoms with Crippen LogP contribution in [-0.4, -0.2) is 28.0 Å². The molecule has 3 rings (SSSR count). The summed E-state index contributed by atoms with van der Waals surface area (Å²) in [6, 6.07) is 11.8. The van der Waals surface area contributed by atoms with E-state index < -0.39 is 5.97 Å². The van der Waals surface area contributed by atoms with Gasteiger partial charge in [0, 0.05) is 25.0 Å². The van der Waals surface area contributed by atoms with Crippen LogP contribution in [0.15, 0.2) is 45.4 Å². The number of halogens is 1. The van der Waals surface area contributed by atoms with E-state index in [1.54, 1.807) is 0 Å². The number of nitrogens with zero attached hydrogens (tertiary/aromatic N) is 2. The molecule has 0 fully saturated rings. The minimum Gasteiger partial charge on any atom is -0.481 e. The molecule has 0 bridgehead atoms. The van der Waals surface area contributed by atoms with Gasteiger partial charge in [0.1, 0.15) is 11.5 Å². The fraction of sp³-hybridized carbons (Fsp3) is 0.458. The zero-order chi connectivity index (χ0) is 23.1.